The van der Waals surface area contributed by atoms with E-state index in [1.54, 1.807) is 18.2 Å². The van der Waals surface area contributed by atoms with Crippen LogP contribution in [0.25, 0.3) is 21.6 Å². The summed E-state index contributed by atoms with van der Waals surface area (Å²) in [5, 5.41) is 19.4. The van der Waals surface area contributed by atoms with Crippen LogP contribution in [0.4, 0.5) is 0 Å². The van der Waals surface area contributed by atoms with Crippen LogP contribution in [0.1, 0.15) is 59.8 Å². The van der Waals surface area contributed by atoms with Crippen molar-refractivity contribution in [2.24, 2.45) is 5.11 Å². The number of nitrogens with zero attached hydrogens (tertiary/aromatic N) is 6. The summed E-state index contributed by atoms with van der Waals surface area (Å²) in [5.41, 5.74) is 12.4. The van der Waals surface area contributed by atoms with Crippen molar-refractivity contribution in [3.8, 4) is 16.9 Å². The largest absolute Gasteiger partial charge is 0.497 e. The second kappa shape index (κ2) is 9.79. The second-order valence-electron chi connectivity index (χ2n) is 10.2. The molecule has 2 aromatic carbocycles. The number of hydrogen-bond donors (Lipinski definition) is 1. The Labute approximate surface area is 220 Å². The lowest BCUT2D eigenvalue weighted by Gasteiger charge is -2.40. The number of amides is 1. The Balaban J connectivity index is 1.41. The van der Waals surface area contributed by atoms with Crippen LogP contribution in [0, 0.1) is 0 Å². The van der Waals surface area contributed by atoms with E-state index < -0.39 is 17.7 Å². The molecule has 6 rings (SSSR count). The number of azide groups is 1. The lowest BCUT2D eigenvalue weighted by atomic mass is 9.83. The van der Waals surface area contributed by atoms with E-state index in [-0.39, 0.29) is 12.1 Å². The van der Waals surface area contributed by atoms with Gasteiger partial charge in [-0.25, -0.2) is 4.68 Å². The molecular formula is C28H30N6O4. The van der Waals surface area contributed by atoms with Crippen LogP contribution in [0.5, 0.6) is 5.75 Å². The molecule has 1 saturated heterocycles. The third-order valence-electron chi connectivity index (χ3n) is 8.15. The van der Waals surface area contributed by atoms with E-state index in [4.69, 9.17) is 9.47 Å². The van der Waals surface area contributed by atoms with E-state index in [1.165, 1.54) is 0 Å². The topological polar surface area (TPSA) is 126 Å². The molecule has 10 nitrogen and oxygen atoms in total. The standard InChI is InChI=1S/C28H30N6O4/c1-37-21-6-4-5-18(13-21)16-33-27(36)22-14-19(20-15-30-34(17-20)25-7-2-3-12-38-25)8-9-23(22)28(33)11-10-24(35)26(28)31-32-29/h4-6,8-9,13-15,17,24-26,35H,2-3,7,10-12,16H2,1H3. The number of hydrogen-bond acceptors (Lipinski definition) is 6. The highest BCUT2D eigenvalue weighted by atomic mass is 16.5. The summed E-state index contributed by atoms with van der Waals surface area (Å²) in [6.07, 6.45) is 6.87. The van der Waals surface area contributed by atoms with E-state index in [0.717, 1.165) is 48.1 Å². The summed E-state index contributed by atoms with van der Waals surface area (Å²) >= 11 is 0. The van der Waals surface area contributed by atoms with Crippen molar-refractivity contribution in [3.63, 3.8) is 0 Å². The quantitative estimate of drug-likeness (QED) is 0.283. The number of carbonyl (C=O) groups excluding carboxylic acids is 1. The van der Waals surface area contributed by atoms with Crippen LogP contribution in [0.15, 0.2) is 60.0 Å². The van der Waals surface area contributed by atoms with Crippen molar-refractivity contribution in [2.75, 3.05) is 13.7 Å². The number of ether oxygens (including phenoxy) is 2. The normalized spacial score (nSPS) is 26.4. The minimum absolute atomic E-state index is 0.0697. The zero-order valence-electron chi connectivity index (χ0n) is 21.2. The van der Waals surface area contributed by atoms with Crippen LogP contribution in [0.3, 0.4) is 0 Å². The molecule has 3 heterocycles. The molecule has 1 N–H and O–H groups in total. The molecule has 0 radical (unpaired) electrons. The molecule has 10 heteroatoms. The Morgan fingerprint density at radius 1 is 1.24 bits per heavy atom. The van der Waals surface area contributed by atoms with E-state index >= 15 is 0 Å². The lowest BCUT2D eigenvalue weighted by Crippen LogP contribution is -2.50. The van der Waals surface area contributed by atoms with Gasteiger partial charge in [0.1, 0.15) is 12.0 Å². The van der Waals surface area contributed by atoms with Crippen LogP contribution >= 0.6 is 0 Å². The molecule has 2 fully saturated rings. The van der Waals surface area contributed by atoms with E-state index in [2.05, 4.69) is 15.1 Å². The lowest BCUT2D eigenvalue weighted by molar-refractivity contribution is -0.0394. The molecule has 4 atom stereocenters. The first kappa shape index (κ1) is 24.5. The Kier molecular flexibility index (Phi) is 6.31. The summed E-state index contributed by atoms with van der Waals surface area (Å²) in [6.45, 7) is 1.03. The van der Waals surface area contributed by atoms with E-state index in [9.17, 15) is 15.4 Å². The molecule has 3 aliphatic rings. The van der Waals surface area contributed by atoms with Gasteiger partial charge in [-0.15, -0.1) is 0 Å². The van der Waals surface area contributed by atoms with Crippen molar-refractivity contribution in [3.05, 3.63) is 82.0 Å². The molecule has 3 aromatic rings. The molecular weight excluding hydrogens is 484 g/mol. The van der Waals surface area contributed by atoms with Gasteiger partial charge in [0, 0.05) is 35.4 Å². The van der Waals surface area contributed by atoms with Gasteiger partial charge < -0.3 is 19.5 Å². The van der Waals surface area contributed by atoms with E-state index in [1.807, 2.05) is 53.3 Å². The fraction of sp³-hybridized carbons (Fsp3) is 0.429. The van der Waals surface area contributed by atoms with Crippen molar-refractivity contribution < 1.29 is 19.4 Å². The summed E-state index contributed by atoms with van der Waals surface area (Å²) < 4.78 is 13.1. The maximum Gasteiger partial charge on any atom is 0.255 e. The van der Waals surface area contributed by atoms with Crippen LogP contribution in [-0.2, 0) is 16.8 Å². The zero-order chi connectivity index (χ0) is 26.3. The summed E-state index contributed by atoms with van der Waals surface area (Å²) in [5.74, 6) is 0.542. The number of methoxy groups -OCH3 is 1. The molecule has 1 aromatic heterocycles. The highest BCUT2D eigenvalue weighted by Gasteiger charge is 2.59. The molecule has 4 unspecified atom stereocenters. The van der Waals surface area contributed by atoms with Gasteiger partial charge in [-0.05, 0) is 72.5 Å². The third-order valence-corrected chi connectivity index (χ3v) is 8.15. The molecule has 1 aliphatic carbocycles. The fourth-order valence-electron chi connectivity index (χ4n) is 6.30. The maximum absolute atomic E-state index is 14.0. The first-order valence-electron chi connectivity index (χ1n) is 13.0. The number of aliphatic hydroxyl groups excluding tert-OH is 1. The van der Waals surface area contributed by atoms with Gasteiger partial charge in [-0.3, -0.25) is 4.79 Å². The monoisotopic (exact) mass is 514 g/mol. The average Bonchev–Trinajstić information content (AvgIpc) is 3.63. The summed E-state index contributed by atoms with van der Waals surface area (Å²) in [6, 6.07) is 12.6. The molecule has 38 heavy (non-hydrogen) atoms. The number of aliphatic hydroxyl groups is 1. The summed E-state index contributed by atoms with van der Waals surface area (Å²) in [4.78, 5) is 18.9. The highest BCUT2D eigenvalue weighted by Crippen LogP contribution is 2.52. The number of aromatic nitrogens is 2. The molecule has 1 amide bonds. The van der Waals surface area contributed by atoms with Crippen LogP contribution < -0.4 is 4.74 Å². The Hall–Kier alpha value is -3.85. The van der Waals surface area contributed by atoms with Gasteiger partial charge in [-0.1, -0.05) is 29.4 Å². The highest BCUT2D eigenvalue weighted by molar-refractivity contribution is 6.01. The molecule has 0 bridgehead atoms. The third kappa shape index (κ3) is 3.93. The van der Waals surface area contributed by atoms with Crippen molar-refractivity contribution in [1.82, 2.24) is 14.7 Å². The smallest absolute Gasteiger partial charge is 0.255 e. The summed E-state index contributed by atoms with van der Waals surface area (Å²) in [7, 11) is 1.60. The van der Waals surface area contributed by atoms with Crippen LogP contribution in [-0.4, -0.2) is 51.6 Å². The van der Waals surface area contributed by atoms with Gasteiger partial charge in [0.05, 0.1) is 31.0 Å². The zero-order valence-corrected chi connectivity index (χ0v) is 21.2. The SMILES string of the molecule is COc1cccc(CN2C(=O)c3cc(-c4cnn(C5CCCCO5)c4)ccc3C23CCC(O)C3N=[N+]=[N-])c1. The van der Waals surface area contributed by atoms with Gasteiger partial charge in [0.15, 0.2) is 0 Å². The number of benzene rings is 2. The first-order valence-corrected chi connectivity index (χ1v) is 13.0. The van der Waals surface area contributed by atoms with Crippen molar-refractivity contribution >= 4 is 5.91 Å². The Bertz CT molecular complexity index is 1410. The molecule has 1 spiro atoms. The minimum atomic E-state index is -0.931. The molecule has 1 saturated carbocycles. The first-order chi connectivity index (χ1) is 18.5. The predicted octanol–water partition coefficient (Wildman–Crippen LogP) is 4.94. The fourth-order valence-corrected chi connectivity index (χ4v) is 6.30. The number of rotatable bonds is 6. The van der Waals surface area contributed by atoms with Crippen molar-refractivity contribution in [1.29, 1.82) is 0 Å². The van der Waals surface area contributed by atoms with E-state index in [0.29, 0.717) is 30.7 Å². The van der Waals surface area contributed by atoms with Crippen molar-refractivity contribution in [2.45, 2.75) is 62.6 Å². The molecule has 196 valence electrons. The average molecular weight is 515 g/mol. The van der Waals surface area contributed by atoms with Gasteiger partial charge in [-0.2, -0.15) is 5.10 Å². The van der Waals surface area contributed by atoms with Crippen LogP contribution in [0.2, 0.25) is 0 Å². The number of fused-ring (bicyclic) bond motifs is 2. The van der Waals surface area contributed by atoms with Gasteiger partial charge >= 0.3 is 0 Å². The second-order valence-corrected chi connectivity index (χ2v) is 10.2. The molecule has 2 aliphatic heterocycles. The Morgan fingerprint density at radius 2 is 2.13 bits per heavy atom. The number of carbonyl (C=O) groups is 1. The predicted molar refractivity (Wildman–Crippen MR) is 139 cm³/mol. The maximum atomic E-state index is 14.0. The van der Waals surface area contributed by atoms with Gasteiger partial charge in [0.25, 0.3) is 5.91 Å². The van der Waals surface area contributed by atoms with Gasteiger partial charge in [0.2, 0.25) is 0 Å². The Morgan fingerprint density at radius 3 is 2.92 bits per heavy atom. The minimum Gasteiger partial charge on any atom is -0.497 e.